The summed E-state index contributed by atoms with van der Waals surface area (Å²) < 4.78 is 19.4. The lowest BCUT2D eigenvalue weighted by Crippen LogP contribution is -2.48. The first-order chi connectivity index (χ1) is 18.2. The fraction of sp³-hybridized carbons (Fsp3) is 0.323. The molecule has 1 aliphatic rings. The van der Waals surface area contributed by atoms with Crippen LogP contribution in [0.15, 0.2) is 79.1 Å². The first kappa shape index (κ1) is 25.6. The van der Waals surface area contributed by atoms with Crippen molar-refractivity contribution in [3.63, 3.8) is 0 Å². The smallest absolute Gasteiger partial charge is 0.410 e. The van der Waals surface area contributed by atoms with Crippen molar-refractivity contribution in [2.45, 2.75) is 51.0 Å². The van der Waals surface area contributed by atoms with E-state index in [9.17, 15) is 9.18 Å². The van der Waals surface area contributed by atoms with E-state index in [2.05, 4.69) is 22.1 Å². The van der Waals surface area contributed by atoms with E-state index >= 15 is 0 Å². The van der Waals surface area contributed by atoms with E-state index in [1.54, 1.807) is 29.4 Å². The van der Waals surface area contributed by atoms with Crippen LogP contribution in [0.4, 0.5) is 9.18 Å². The lowest BCUT2D eigenvalue weighted by molar-refractivity contribution is 0.0159. The Bertz CT molecular complexity index is 1370. The highest BCUT2D eigenvalue weighted by Crippen LogP contribution is 2.41. The SMILES string of the molecule is CC(C)(C)OC(=O)N1CCC(Cc2ccccc2)(c2nc(-c3ccc(F)cc3)c(-c3ccncc3)[nH]2)CC1. The van der Waals surface area contributed by atoms with Crippen LogP contribution in [0.2, 0.25) is 0 Å². The van der Waals surface area contributed by atoms with Gasteiger partial charge < -0.3 is 14.6 Å². The summed E-state index contributed by atoms with van der Waals surface area (Å²) in [5.41, 5.74) is 3.79. The maximum Gasteiger partial charge on any atom is 0.410 e. The number of H-pyrrole nitrogens is 1. The molecule has 38 heavy (non-hydrogen) atoms. The quantitative estimate of drug-likeness (QED) is 0.320. The van der Waals surface area contributed by atoms with Crippen LogP contribution >= 0.6 is 0 Å². The van der Waals surface area contributed by atoms with Crippen LogP contribution in [-0.2, 0) is 16.6 Å². The van der Waals surface area contributed by atoms with Crippen molar-refractivity contribution in [3.05, 3.63) is 96.3 Å². The van der Waals surface area contributed by atoms with Gasteiger partial charge in [-0.3, -0.25) is 4.98 Å². The average Bonchev–Trinajstić information content (AvgIpc) is 3.36. The van der Waals surface area contributed by atoms with E-state index in [0.717, 1.165) is 47.6 Å². The molecule has 4 aromatic rings. The second-order valence-corrected chi connectivity index (χ2v) is 11.0. The van der Waals surface area contributed by atoms with Gasteiger partial charge in [-0.15, -0.1) is 0 Å². The summed E-state index contributed by atoms with van der Waals surface area (Å²) in [7, 11) is 0. The molecule has 196 valence electrons. The molecule has 6 nitrogen and oxygen atoms in total. The van der Waals surface area contributed by atoms with Crippen LogP contribution in [0.3, 0.4) is 0 Å². The molecule has 0 aliphatic carbocycles. The van der Waals surface area contributed by atoms with E-state index in [4.69, 9.17) is 9.72 Å². The van der Waals surface area contributed by atoms with Gasteiger partial charge in [-0.2, -0.15) is 0 Å². The number of imidazole rings is 1. The number of ether oxygens (including phenoxy) is 1. The number of rotatable bonds is 5. The molecule has 0 saturated carbocycles. The van der Waals surface area contributed by atoms with E-state index in [-0.39, 0.29) is 17.3 Å². The van der Waals surface area contributed by atoms with E-state index in [1.807, 2.05) is 51.1 Å². The first-order valence-corrected chi connectivity index (χ1v) is 13.0. The fourth-order valence-electron chi connectivity index (χ4n) is 5.10. The number of aromatic amines is 1. The number of nitrogens with one attached hydrogen (secondary N) is 1. The Morgan fingerprint density at radius 1 is 0.974 bits per heavy atom. The van der Waals surface area contributed by atoms with Gasteiger partial charge in [0.2, 0.25) is 0 Å². The van der Waals surface area contributed by atoms with Crippen molar-refractivity contribution in [2.75, 3.05) is 13.1 Å². The van der Waals surface area contributed by atoms with Gasteiger partial charge in [-0.25, -0.2) is 14.2 Å². The minimum Gasteiger partial charge on any atom is -0.444 e. The summed E-state index contributed by atoms with van der Waals surface area (Å²) in [5, 5.41) is 0. The molecule has 7 heteroatoms. The Kier molecular flexibility index (Phi) is 7.02. The average molecular weight is 513 g/mol. The number of hydrogen-bond acceptors (Lipinski definition) is 4. The molecule has 5 rings (SSSR count). The lowest BCUT2D eigenvalue weighted by atomic mass is 9.73. The molecule has 0 atom stereocenters. The predicted octanol–water partition coefficient (Wildman–Crippen LogP) is 6.79. The summed E-state index contributed by atoms with van der Waals surface area (Å²) in [6.45, 7) is 6.79. The van der Waals surface area contributed by atoms with Crippen molar-refractivity contribution in [3.8, 4) is 22.5 Å². The number of amides is 1. The van der Waals surface area contributed by atoms with Gasteiger partial charge in [0.05, 0.1) is 11.4 Å². The monoisotopic (exact) mass is 512 g/mol. The van der Waals surface area contributed by atoms with Gasteiger partial charge in [-0.1, -0.05) is 30.3 Å². The Balaban J connectivity index is 1.55. The molecule has 0 unspecified atom stereocenters. The number of benzene rings is 2. The third-order valence-corrected chi connectivity index (χ3v) is 7.05. The van der Waals surface area contributed by atoms with Crippen molar-refractivity contribution in [1.82, 2.24) is 19.9 Å². The lowest BCUT2D eigenvalue weighted by Gasteiger charge is -2.41. The van der Waals surface area contributed by atoms with Crippen molar-refractivity contribution >= 4 is 6.09 Å². The predicted molar refractivity (Wildman–Crippen MR) is 146 cm³/mol. The van der Waals surface area contributed by atoms with E-state index in [0.29, 0.717) is 13.1 Å². The number of carbonyl (C=O) groups is 1. The van der Waals surface area contributed by atoms with Crippen LogP contribution < -0.4 is 0 Å². The molecule has 1 N–H and O–H groups in total. The molecule has 1 amide bonds. The second-order valence-electron chi connectivity index (χ2n) is 11.0. The van der Waals surface area contributed by atoms with Crippen LogP contribution in [0, 0.1) is 5.82 Å². The molecule has 2 aromatic carbocycles. The van der Waals surface area contributed by atoms with Crippen molar-refractivity contribution in [1.29, 1.82) is 0 Å². The van der Waals surface area contributed by atoms with Gasteiger partial charge in [-0.05, 0) is 82.0 Å². The third-order valence-electron chi connectivity index (χ3n) is 7.05. The number of halogens is 1. The molecule has 0 bridgehead atoms. The zero-order valence-corrected chi connectivity index (χ0v) is 22.1. The maximum atomic E-state index is 13.8. The largest absolute Gasteiger partial charge is 0.444 e. The first-order valence-electron chi connectivity index (χ1n) is 13.0. The molecule has 2 aromatic heterocycles. The van der Waals surface area contributed by atoms with E-state index < -0.39 is 5.60 Å². The number of pyridine rings is 1. The van der Waals surface area contributed by atoms with E-state index in [1.165, 1.54) is 17.7 Å². The van der Waals surface area contributed by atoms with Crippen LogP contribution in [-0.4, -0.2) is 44.6 Å². The zero-order valence-electron chi connectivity index (χ0n) is 22.1. The summed E-state index contributed by atoms with van der Waals surface area (Å²) >= 11 is 0. The highest BCUT2D eigenvalue weighted by atomic mass is 19.1. The molecule has 1 saturated heterocycles. The summed E-state index contributed by atoms with van der Waals surface area (Å²) in [4.78, 5) is 27.6. The summed E-state index contributed by atoms with van der Waals surface area (Å²) in [6, 6.07) is 20.7. The zero-order chi connectivity index (χ0) is 26.8. The minimum atomic E-state index is -0.541. The number of hydrogen-bond donors (Lipinski definition) is 1. The normalized spacial score (nSPS) is 15.3. The van der Waals surface area contributed by atoms with Crippen LogP contribution in [0.25, 0.3) is 22.5 Å². The van der Waals surface area contributed by atoms with Crippen LogP contribution in [0.1, 0.15) is 45.0 Å². The fourth-order valence-corrected chi connectivity index (χ4v) is 5.10. The molecular formula is C31H33FN4O2. The van der Waals surface area contributed by atoms with Crippen molar-refractivity contribution < 1.29 is 13.9 Å². The second kappa shape index (κ2) is 10.4. The topological polar surface area (TPSA) is 71.1 Å². The molecule has 3 heterocycles. The van der Waals surface area contributed by atoms with Crippen LogP contribution in [0.5, 0.6) is 0 Å². The number of aromatic nitrogens is 3. The third kappa shape index (κ3) is 5.62. The Hall–Kier alpha value is -4.00. The number of carbonyl (C=O) groups excluding carboxylic acids is 1. The summed E-state index contributed by atoms with van der Waals surface area (Å²) in [5.74, 6) is 0.585. The molecular weight excluding hydrogens is 479 g/mol. The summed E-state index contributed by atoms with van der Waals surface area (Å²) in [6.07, 6.45) is 5.46. The molecule has 1 fully saturated rings. The van der Waals surface area contributed by atoms with Gasteiger partial charge in [0.15, 0.2) is 0 Å². The van der Waals surface area contributed by atoms with Crippen molar-refractivity contribution in [2.24, 2.45) is 0 Å². The highest BCUT2D eigenvalue weighted by Gasteiger charge is 2.41. The maximum absolute atomic E-state index is 13.8. The highest BCUT2D eigenvalue weighted by molar-refractivity contribution is 5.78. The number of likely N-dealkylation sites (tertiary alicyclic amines) is 1. The van der Waals surface area contributed by atoms with Gasteiger partial charge in [0.1, 0.15) is 17.2 Å². The van der Waals surface area contributed by atoms with Gasteiger partial charge in [0, 0.05) is 42.0 Å². The molecule has 0 radical (unpaired) electrons. The number of nitrogens with zero attached hydrogens (tertiary/aromatic N) is 3. The number of piperidine rings is 1. The van der Waals surface area contributed by atoms with Gasteiger partial charge in [0.25, 0.3) is 0 Å². The Morgan fingerprint density at radius 2 is 1.63 bits per heavy atom. The molecule has 1 aliphatic heterocycles. The molecule has 0 spiro atoms. The standard InChI is InChI=1S/C31H33FN4O2/c1-30(2,3)38-29(37)36-19-15-31(16-20-36,21-22-7-5-4-6-8-22)28-34-26(23-9-11-25(32)12-10-23)27(35-28)24-13-17-33-18-14-24/h4-14,17-18H,15-16,19-21H2,1-3H3,(H,34,35). The Labute approximate surface area is 222 Å². The Morgan fingerprint density at radius 3 is 2.26 bits per heavy atom. The minimum absolute atomic E-state index is 0.283. The van der Waals surface area contributed by atoms with Gasteiger partial charge >= 0.3 is 6.09 Å².